The fourth-order valence-electron chi connectivity index (χ4n) is 5.24. The van der Waals surface area contributed by atoms with Gasteiger partial charge in [-0.15, -0.1) is 0 Å². The van der Waals surface area contributed by atoms with Gasteiger partial charge in [-0.3, -0.25) is 0 Å². The minimum atomic E-state index is -2.77. The lowest BCUT2D eigenvalue weighted by atomic mass is 9.95. The van der Waals surface area contributed by atoms with E-state index in [-0.39, 0.29) is 24.9 Å². The van der Waals surface area contributed by atoms with Gasteiger partial charge in [-0.1, -0.05) is 107 Å². The molecule has 0 bridgehead atoms. The standard InChI is InChI=1S/C34H44O5Si/c1-6-27(23-28-18-19-29(24-36)39-28)17-20-33(37)32(21-22-35)26(2)25-38-40(34(3,4)5,30-13-9-7-10-14-30)31-15-11-8-12-16-31/h7-16,18-19,21,23,33,35-37H,2,6,17,20,22,24-25H2,1,3-5H3/b27-23+,32-21-. The molecule has 0 aliphatic rings. The van der Waals surface area contributed by atoms with Crippen molar-refractivity contribution in [1.82, 2.24) is 0 Å². The van der Waals surface area contributed by atoms with Gasteiger partial charge in [0.1, 0.15) is 18.1 Å². The molecule has 6 heteroatoms. The number of hydrogen-bond acceptors (Lipinski definition) is 5. The van der Waals surface area contributed by atoms with Gasteiger partial charge in [0.2, 0.25) is 0 Å². The van der Waals surface area contributed by atoms with Crippen molar-refractivity contribution in [1.29, 1.82) is 0 Å². The summed E-state index contributed by atoms with van der Waals surface area (Å²) in [6.45, 7) is 12.9. The van der Waals surface area contributed by atoms with E-state index >= 15 is 0 Å². The van der Waals surface area contributed by atoms with Crippen LogP contribution in [0.4, 0.5) is 0 Å². The molecule has 0 spiro atoms. The second-order valence-electron chi connectivity index (χ2n) is 11.1. The van der Waals surface area contributed by atoms with Crippen molar-refractivity contribution in [3.8, 4) is 0 Å². The molecule has 0 fully saturated rings. The summed E-state index contributed by atoms with van der Waals surface area (Å²) in [6, 6.07) is 24.4. The van der Waals surface area contributed by atoms with E-state index in [1.807, 2.05) is 24.3 Å². The van der Waals surface area contributed by atoms with Crippen LogP contribution in [0.3, 0.4) is 0 Å². The summed E-state index contributed by atoms with van der Waals surface area (Å²) >= 11 is 0. The van der Waals surface area contributed by atoms with Gasteiger partial charge in [0.15, 0.2) is 0 Å². The van der Waals surface area contributed by atoms with Crippen molar-refractivity contribution in [3.05, 3.63) is 114 Å². The molecule has 2 aromatic carbocycles. The third kappa shape index (κ3) is 7.59. The molecule has 1 atom stereocenters. The molecular formula is C34H44O5Si. The van der Waals surface area contributed by atoms with Crippen LogP contribution in [0.5, 0.6) is 0 Å². The molecule has 0 aliphatic carbocycles. The molecule has 3 aromatic rings. The number of furan rings is 1. The fourth-order valence-corrected chi connectivity index (χ4v) is 9.79. The molecule has 0 aliphatic heterocycles. The molecule has 214 valence electrons. The largest absolute Gasteiger partial charge is 0.459 e. The molecule has 0 radical (unpaired) electrons. The van der Waals surface area contributed by atoms with Crippen molar-refractivity contribution in [2.24, 2.45) is 0 Å². The van der Waals surface area contributed by atoms with Crippen molar-refractivity contribution >= 4 is 24.8 Å². The summed E-state index contributed by atoms with van der Waals surface area (Å²) in [6.07, 6.45) is 4.72. The Morgan fingerprint density at radius 2 is 1.57 bits per heavy atom. The fraction of sp³-hybridized carbons (Fsp3) is 0.353. The molecule has 0 saturated heterocycles. The number of benzene rings is 2. The van der Waals surface area contributed by atoms with Gasteiger partial charge in [0.25, 0.3) is 8.32 Å². The highest BCUT2D eigenvalue weighted by Gasteiger charge is 2.50. The minimum Gasteiger partial charge on any atom is -0.459 e. The number of hydrogen-bond donors (Lipinski definition) is 3. The first-order valence-corrected chi connectivity index (χ1v) is 15.9. The topological polar surface area (TPSA) is 83.1 Å². The van der Waals surface area contributed by atoms with E-state index in [0.717, 1.165) is 12.0 Å². The molecule has 0 amide bonds. The average Bonchev–Trinajstić information content (AvgIpc) is 3.42. The van der Waals surface area contributed by atoms with Crippen molar-refractivity contribution in [2.45, 2.75) is 64.7 Å². The van der Waals surface area contributed by atoms with Gasteiger partial charge < -0.3 is 24.2 Å². The SMILES string of the molecule is C=C(CO[Si](c1ccccc1)(c1ccccc1)C(C)(C)C)/C(=C/CO)C(O)CC/C(=C/c1ccc(CO)o1)CC. The summed E-state index contributed by atoms with van der Waals surface area (Å²) in [4.78, 5) is 0. The maximum atomic E-state index is 11.2. The smallest absolute Gasteiger partial charge is 0.261 e. The highest BCUT2D eigenvalue weighted by Crippen LogP contribution is 2.37. The summed E-state index contributed by atoms with van der Waals surface area (Å²) < 4.78 is 12.6. The molecule has 1 heterocycles. The predicted molar refractivity (Wildman–Crippen MR) is 166 cm³/mol. The Balaban J connectivity index is 1.82. The van der Waals surface area contributed by atoms with E-state index in [4.69, 9.17) is 8.84 Å². The van der Waals surface area contributed by atoms with Crippen LogP contribution in [0.15, 0.2) is 107 Å². The van der Waals surface area contributed by atoms with Crippen LogP contribution in [0.1, 0.15) is 58.5 Å². The zero-order chi connectivity index (χ0) is 29.2. The van der Waals surface area contributed by atoms with Gasteiger partial charge in [0.05, 0.1) is 19.3 Å². The number of aliphatic hydroxyl groups excluding tert-OH is 3. The van der Waals surface area contributed by atoms with E-state index in [0.29, 0.717) is 35.5 Å². The van der Waals surface area contributed by atoms with E-state index in [1.165, 1.54) is 10.4 Å². The summed E-state index contributed by atoms with van der Waals surface area (Å²) in [5.41, 5.74) is 2.39. The van der Waals surface area contributed by atoms with Crippen LogP contribution in [0.25, 0.3) is 6.08 Å². The predicted octanol–water partition coefficient (Wildman–Crippen LogP) is 5.76. The summed E-state index contributed by atoms with van der Waals surface area (Å²) in [7, 11) is -2.77. The van der Waals surface area contributed by atoms with Crippen LogP contribution in [-0.4, -0.2) is 43.0 Å². The third-order valence-electron chi connectivity index (χ3n) is 7.34. The van der Waals surface area contributed by atoms with Gasteiger partial charge in [-0.05, 0) is 64.0 Å². The Hall–Kier alpha value is -3.00. The Morgan fingerprint density at radius 3 is 2.05 bits per heavy atom. The monoisotopic (exact) mass is 560 g/mol. The third-order valence-corrected chi connectivity index (χ3v) is 12.3. The lowest BCUT2D eigenvalue weighted by Crippen LogP contribution is -2.66. The Bertz CT molecular complexity index is 1230. The first-order valence-electron chi connectivity index (χ1n) is 14.0. The highest BCUT2D eigenvalue weighted by atomic mass is 28.4. The molecule has 3 rings (SSSR count). The van der Waals surface area contributed by atoms with Crippen LogP contribution >= 0.6 is 0 Å². The van der Waals surface area contributed by atoms with Crippen LogP contribution in [-0.2, 0) is 11.0 Å². The van der Waals surface area contributed by atoms with E-state index in [2.05, 4.69) is 82.8 Å². The minimum absolute atomic E-state index is 0.137. The molecule has 3 N–H and O–H groups in total. The van der Waals surface area contributed by atoms with Crippen LogP contribution in [0.2, 0.25) is 5.04 Å². The second kappa shape index (κ2) is 14.6. The van der Waals surface area contributed by atoms with Crippen LogP contribution < -0.4 is 10.4 Å². The van der Waals surface area contributed by atoms with Gasteiger partial charge >= 0.3 is 0 Å². The molecule has 40 heavy (non-hydrogen) atoms. The molecule has 1 unspecified atom stereocenters. The number of aliphatic hydroxyl groups is 3. The zero-order valence-corrected chi connectivity index (χ0v) is 25.3. The van der Waals surface area contributed by atoms with Crippen molar-refractivity contribution < 1.29 is 24.2 Å². The second-order valence-corrected chi connectivity index (χ2v) is 15.4. The van der Waals surface area contributed by atoms with E-state index in [1.54, 1.807) is 12.1 Å². The lowest BCUT2D eigenvalue weighted by molar-refractivity contribution is 0.198. The first kappa shape index (κ1) is 31.5. The molecular weight excluding hydrogens is 516 g/mol. The molecule has 1 aromatic heterocycles. The zero-order valence-electron chi connectivity index (χ0n) is 24.3. The summed E-state index contributed by atoms with van der Waals surface area (Å²) in [5, 5.41) is 32.4. The van der Waals surface area contributed by atoms with E-state index < -0.39 is 14.4 Å². The van der Waals surface area contributed by atoms with Crippen LogP contribution in [0, 0.1) is 0 Å². The highest BCUT2D eigenvalue weighted by molar-refractivity contribution is 6.99. The first-order chi connectivity index (χ1) is 19.2. The molecule has 0 saturated carbocycles. The molecule has 5 nitrogen and oxygen atoms in total. The van der Waals surface area contributed by atoms with Crippen molar-refractivity contribution in [3.63, 3.8) is 0 Å². The Kier molecular flexibility index (Phi) is 11.5. The van der Waals surface area contributed by atoms with Gasteiger partial charge in [0, 0.05) is 0 Å². The summed E-state index contributed by atoms with van der Waals surface area (Å²) in [5.74, 6) is 1.21. The maximum absolute atomic E-state index is 11.2. The number of allylic oxidation sites excluding steroid dienone is 1. The Morgan fingerprint density at radius 1 is 0.975 bits per heavy atom. The normalized spacial score (nSPS) is 13.9. The lowest BCUT2D eigenvalue weighted by Gasteiger charge is -2.43. The quantitative estimate of drug-likeness (QED) is 0.173. The van der Waals surface area contributed by atoms with E-state index in [9.17, 15) is 15.3 Å². The van der Waals surface area contributed by atoms with Crippen molar-refractivity contribution in [2.75, 3.05) is 13.2 Å². The maximum Gasteiger partial charge on any atom is 0.261 e. The number of rotatable bonds is 14. The average molecular weight is 561 g/mol. The Labute approximate surface area is 240 Å². The van der Waals surface area contributed by atoms with Gasteiger partial charge in [-0.25, -0.2) is 0 Å². The van der Waals surface area contributed by atoms with Gasteiger partial charge in [-0.2, -0.15) is 0 Å².